The van der Waals surface area contributed by atoms with Crippen molar-refractivity contribution in [3.05, 3.63) is 45.4 Å². The first kappa shape index (κ1) is 16.0. The van der Waals surface area contributed by atoms with Crippen LogP contribution in [0.2, 0.25) is 0 Å². The predicted octanol–water partition coefficient (Wildman–Crippen LogP) is 3.80. The third kappa shape index (κ3) is 3.66. The molecule has 5 heteroatoms. The Morgan fingerprint density at radius 1 is 1.24 bits per heavy atom. The molecule has 0 aliphatic heterocycles. The molecule has 0 fully saturated rings. The highest BCUT2D eigenvalue weighted by molar-refractivity contribution is 9.10. The van der Waals surface area contributed by atoms with Gasteiger partial charge in [0, 0.05) is 17.0 Å². The summed E-state index contributed by atoms with van der Waals surface area (Å²) in [6.45, 7) is 6.72. The molecule has 0 amide bonds. The minimum atomic E-state index is -0.291. The van der Waals surface area contributed by atoms with Crippen molar-refractivity contribution in [2.45, 2.75) is 27.2 Å². The van der Waals surface area contributed by atoms with E-state index >= 15 is 0 Å². The van der Waals surface area contributed by atoms with Crippen LogP contribution in [-0.2, 0) is 6.42 Å². The van der Waals surface area contributed by atoms with Crippen molar-refractivity contribution in [2.24, 2.45) is 11.7 Å². The van der Waals surface area contributed by atoms with E-state index in [9.17, 15) is 4.39 Å². The number of aromatic nitrogens is 2. The molecule has 0 spiro atoms. The highest BCUT2D eigenvalue weighted by atomic mass is 79.9. The number of nitrogens with zero attached hydrogens (tertiary/aromatic N) is 2. The van der Waals surface area contributed by atoms with Crippen LogP contribution in [0.3, 0.4) is 0 Å². The Morgan fingerprint density at radius 3 is 2.38 bits per heavy atom. The second-order valence-electron chi connectivity index (χ2n) is 5.37. The fourth-order valence-corrected chi connectivity index (χ4v) is 2.61. The van der Waals surface area contributed by atoms with Crippen LogP contribution in [0.15, 0.2) is 22.7 Å². The molecular formula is C16H19BrFN3. The van der Waals surface area contributed by atoms with Gasteiger partial charge < -0.3 is 5.73 Å². The van der Waals surface area contributed by atoms with E-state index in [1.807, 2.05) is 13.8 Å². The summed E-state index contributed by atoms with van der Waals surface area (Å²) in [6.07, 6.45) is 0.877. The molecule has 1 aromatic heterocycles. The second kappa shape index (κ2) is 6.62. The molecule has 0 saturated heterocycles. The van der Waals surface area contributed by atoms with Gasteiger partial charge in [0.05, 0.1) is 4.47 Å². The third-order valence-electron chi connectivity index (χ3n) is 3.55. The summed E-state index contributed by atoms with van der Waals surface area (Å²) in [5.74, 6) is 0.729. The SMILES string of the molecule is Cc1nc(-c2ccc(F)c(Br)c2)nc(C)c1CC(C)CN. The van der Waals surface area contributed by atoms with Crippen LogP contribution in [0, 0.1) is 25.6 Å². The molecule has 2 rings (SSSR count). The van der Waals surface area contributed by atoms with E-state index in [0.29, 0.717) is 22.8 Å². The van der Waals surface area contributed by atoms with Gasteiger partial charge in [-0.3, -0.25) is 0 Å². The van der Waals surface area contributed by atoms with Gasteiger partial charge in [-0.2, -0.15) is 0 Å². The molecule has 2 aromatic rings. The van der Waals surface area contributed by atoms with Crippen LogP contribution in [0.5, 0.6) is 0 Å². The average Bonchev–Trinajstić information content (AvgIpc) is 2.45. The topological polar surface area (TPSA) is 51.8 Å². The highest BCUT2D eigenvalue weighted by Gasteiger charge is 2.13. The van der Waals surface area contributed by atoms with E-state index in [1.165, 1.54) is 6.07 Å². The summed E-state index contributed by atoms with van der Waals surface area (Å²) in [5, 5.41) is 0. The van der Waals surface area contributed by atoms with E-state index in [2.05, 4.69) is 32.8 Å². The first-order chi connectivity index (χ1) is 9.92. The Bertz CT molecular complexity index is 635. The number of nitrogens with two attached hydrogens (primary N) is 1. The molecule has 2 N–H and O–H groups in total. The molecule has 3 nitrogen and oxygen atoms in total. The highest BCUT2D eigenvalue weighted by Crippen LogP contribution is 2.25. The minimum Gasteiger partial charge on any atom is -0.330 e. The number of halogens is 2. The lowest BCUT2D eigenvalue weighted by Crippen LogP contribution is -2.15. The molecule has 1 heterocycles. The normalized spacial score (nSPS) is 12.5. The molecule has 0 aliphatic rings. The van der Waals surface area contributed by atoms with E-state index in [1.54, 1.807) is 12.1 Å². The summed E-state index contributed by atoms with van der Waals surface area (Å²) in [5.41, 5.74) is 9.55. The maximum absolute atomic E-state index is 13.3. The monoisotopic (exact) mass is 351 g/mol. The first-order valence-corrected chi connectivity index (χ1v) is 7.71. The van der Waals surface area contributed by atoms with E-state index in [0.717, 1.165) is 28.9 Å². The molecule has 1 atom stereocenters. The van der Waals surface area contributed by atoms with Gasteiger partial charge in [0.2, 0.25) is 0 Å². The lowest BCUT2D eigenvalue weighted by Gasteiger charge is -2.14. The van der Waals surface area contributed by atoms with Crippen molar-refractivity contribution >= 4 is 15.9 Å². The van der Waals surface area contributed by atoms with Gasteiger partial charge in [0.15, 0.2) is 5.82 Å². The van der Waals surface area contributed by atoms with Crippen LogP contribution in [0.4, 0.5) is 4.39 Å². The summed E-state index contributed by atoms with van der Waals surface area (Å²) < 4.78 is 13.7. The van der Waals surface area contributed by atoms with Gasteiger partial charge in [-0.05, 0) is 72.4 Å². The Morgan fingerprint density at radius 2 is 1.86 bits per heavy atom. The van der Waals surface area contributed by atoms with Crippen LogP contribution in [0.1, 0.15) is 23.9 Å². The summed E-state index contributed by atoms with van der Waals surface area (Å²) >= 11 is 3.19. The molecule has 0 bridgehead atoms. The van der Waals surface area contributed by atoms with Gasteiger partial charge in [0.1, 0.15) is 5.82 Å². The molecule has 1 aromatic carbocycles. The van der Waals surface area contributed by atoms with Crippen molar-refractivity contribution < 1.29 is 4.39 Å². The van der Waals surface area contributed by atoms with Gasteiger partial charge in [-0.15, -0.1) is 0 Å². The Kier molecular flexibility index (Phi) is 5.06. The molecule has 21 heavy (non-hydrogen) atoms. The minimum absolute atomic E-state index is 0.291. The Hall–Kier alpha value is -1.33. The quantitative estimate of drug-likeness (QED) is 0.911. The Balaban J connectivity index is 2.41. The zero-order chi connectivity index (χ0) is 15.6. The van der Waals surface area contributed by atoms with Crippen molar-refractivity contribution in [1.82, 2.24) is 9.97 Å². The van der Waals surface area contributed by atoms with Gasteiger partial charge in [-0.1, -0.05) is 6.92 Å². The molecule has 1 unspecified atom stereocenters. The van der Waals surface area contributed by atoms with Crippen molar-refractivity contribution in [1.29, 1.82) is 0 Å². The smallest absolute Gasteiger partial charge is 0.159 e. The van der Waals surface area contributed by atoms with Crippen LogP contribution >= 0.6 is 15.9 Å². The summed E-state index contributed by atoms with van der Waals surface area (Å²) in [6, 6.07) is 4.81. The van der Waals surface area contributed by atoms with Crippen molar-refractivity contribution in [3.63, 3.8) is 0 Å². The maximum Gasteiger partial charge on any atom is 0.159 e. The van der Waals surface area contributed by atoms with Crippen molar-refractivity contribution in [3.8, 4) is 11.4 Å². The van der Waals surface area contributed by atoms with Gasteiger partial charge in [0.25, 0.3) is 0 Å². The summed E-state index contributed by atoms with van der Waals surface area (Å²) in [4.78, 5) is 9.13. The zero-order valence-corrected chi connectivity index (χ0v) is 14.0. The number of aryl methyl sites for hydroxylation is 2. The lowest BCUT2D eigenvalue weighted by molar-refractivity contribution is 0.586. The predicted molar refractivity (Wildman–Crippen MR) is 86.5 cm³/mol. The van der Waals surface area contributed by atoms with Crippen LogP contribution in [-0.4, -0.2) is 16.5 Å². The Labute approximate surface area is 132 Å². The van der Waals surface area contributed by atoms with Gasteiger partial charge >= 0.3 is 0 Å². The van der Waals surface area contributed by atoms with E-state index in [-0.39, 0.29) is 5.82 Å². The average molecular weight is 352 g/mol. The van der Waals surface area contributed by atoms with Gasteiger partial charge in [-0.25, -0.2) is 14.4 Å². The van der Waals surface area contributed by atoms with E-state index in [4.69, 9.17) is 5.73 Å². The number of rotatable bonds is 4. The zero-order valence-electron chi connectivity index (χ0n) is 12.5. The molecule has 0 radical (unpaired) electrons. The fraction of sp³-hybridized carbons (Fsp3) is 0.375. The number of hydrogen-bond acceptors (Lipinski definition) is 3. The maximum atomic E-state index is 13.3. The van der Waals surface area contributed by atoms with Crippen LogP contribution in [0.25, 0.3) is 11.4 Å². The summed E-state index contributed by atoms with van der Waals surface area (Å²) in [7, 11) is 0. The van der Waals surface area contributed by atoms with Crippen molar-refractivity contribution in [2.75, 3.05) is 6.54 Å². The molecule has 0 saturated carbocycles. The fourth-order valence-electron chi connectivity index (χ4n) is 2.23. The van der Waals surface area contributed by atoms with Crippen LogP contribution < -0.4 is 5.73 Å². The largest absolute Gasteiger partial charge is 0.330 e. The van der Waals surface area contributed by atoms with E-state index < -0.39 is 0 Å². The number of benzene rings is 1. The second-order valence-corrected chi connectivity index (χ2v) is 6.22. The lowest BCUT2D eigenvalue weighted by atomic mass is 9.99. The first-order valence-electron chi connectivity index (χ1n) is 6.92. The standard InChI is InChI=1S/C16H19BrFN3/c1-9(8-19)6-13-10(2)20-16(21-11(13)3)12-4-5-15(18)14(17)7-12/h4-5,7,9H,6,8,19H2,1-3H3. The third-order valence-corrected chi connectivity index (χ3v) is 4.16. The molecule has 0 aliphatic carbocycles. The molecular weight excluding hydrogens is 333 g/mol. The number of hydrogen-bond donors (Lipinski definition) is 1. The molecule has 112 valence electrons.